The van der Waals surface area contributed by atoms with Crippen LogP contribution in [0.4, 0.5) is 16.2 Å². The van der Waals surface area contributed by atoms with Crippen LogP contribution in [0.1, 0.15) is 17.5 Å². The maximum absolute atomic E-state index is 13.5. The van der Waals surface area contributed by atoms with Gasteiger partial charge in [0.25, 0.3) is 15.7 Å². The van der Waals surface area contributed by atoms with E-state index >= 15 is 0 Å². The first-order valence-electron chi connectivity index (χ1n) is 11.5. The molecule has 0 heterocycles. The topological polar surface area (TPSA) is 205 Å². The number of hydroxylamine groups is 1. The number of anilines is 1. The van der Waals surface area contributed by atoms with Crippen LogP contribution in [0.25, 0.3) is 0 Å². The summed E-state index contributed by atoms with van der Waals surface area (Å²) in [4.78, 5) is 34.0. The van der Waals surface area contributed by atoms with Crippen LogP contribution in [0.2, 0.25) is 0 Å². The second-order valence-corrected chi connectivity index (χ2v) is 12.0. The Hall–Kier alpha value is -4.38. The van der Waals surface area contributed by atoms with E-state index in [0.717, 1.165) is 10.4 Å². The molecule has 0 aromatic heterocycles. The Kier molecular flexibility index (Phi) is 9.54. The number of sulfonamides is 2. The molecule has 3 amide bonds. The molecular formula is C24H25N5O9S2. The van der Waals surface area contributed by atoms with Crippen molar-refractivity contribution in [1.82, 2.24) is 14.5 Å². The first-order valence-corrected chi connectivity index (χ1v) is 14.4. The van der Waals surface area contributed by atoms with Gasteiger partial charge < -0.3 is 5.32 Å². The van der Waals surface area contributed by atoms with E-state index < -0.39 is 43.3 Å². The molecule has 0 saturated heterocycles. The molecule has 0 aliphatic rings. The number of amides is 3. The molecule has 0 aliphatic carbocycles. The number of hydrogen-bond acceptors (Lipinski definition) is 9. The van der Waals surface area contributed by atoms with Crippen molar-refractivity contribution in [2.45, 2.75) is 29.7 Å². The number of carbonyl (C=O) groups excluding carboxylic acids is 2. The Bertz CT molecular complexity index is 1630. The number of rotatable bonds is 11. The van der Waals surface area contributed by atoms with E-state index in [9.17, 15) is 36.5 Å². The van der Waals surface area contributed by atoms with E-state index in [1.54, 1.807) is 19.1 Å². The van der Waals surface area contributed by atoms with Crippen molar-refractivity contribution in [3.63, 3.8) is 0 Å². The first kappa shape index (κ1) is 30.2. The fraction of sp³-hybridized carbons (Fsp3) is 0.167. The van der Waals surface area contributed by atoms with Gasteiger partial charge in [-0.2, -0.15) is 4.31 Å². The molecule has 0 saturated carbocycles. The predicted octanol–water partition coefficient (Wildman–Crippen LogP) is 2.50. The van der Waals surface area contributed by atoms with Crippen molar-refractivity contribution in [2.75, 3.05) is 11.9 Å². The van der Waals surface area contributed by atoms with Crippen molar-refractivity contribution in [3.05, 3.63) is 94.0 Å². The van der Waals surface area contributed by atoms with E-state index in [4.69, 9.17) is 5.21 Å². The number of benzene rings is 3. The molecule has 0 aliphatic heterocycles. The second kappa shape index (κ2) is 12.6. The minimum absolute atomic E-state index is 0.0399. The predicted molar refractivity (Wildman–Crippen MR) is 142 cm³/mol. The van der Waals surface area contributed by atoms with Crippen molar-refractivity contribution in [1.29, 1.82) is 0 Å². The van der Waals surface area contributed by atoms with Gasteiger partial charge in [0, 0.05) is 37.3 Å². The summed E-state index contributed by atoms with van der Waals surface area (Å²) in [6.45, 7) is 0.928. The zero-order chi connectivity index (χ0) is 29.5. The van der Waals surface area contributed by atoms with E-state index in [2.05, 4.69) is 5.32 Å². The highest BCUT2D eigenvalue weighted by Crippen LogP contribution is 2.23. The smallest absolute Gasteiger partial charge is 0.307 e. The minimum atomic E-state index is -4.32. The van der Waals surface area contributed by atoms with E-state index in [-0.39, 0.29) is 34.3 Å². The average molecular weight is 592 g/mol. The van der Waals surface area contributed by atoms with Crippen LogP contribution in [-0.2, 0) is 31.4 Å². The number of hydrogen-bond donors (Lipinski definition) is 4. The Morgan fingerprint density at radius 1 is 0.975 bits per heavy atom. The maximum Gasteiger partial charge on any atom is 0.333 e. The monoisotopic (exact) mass is 591 g/mol. The summed E-state index contributed by atoms with van der Waals surface area (Å²) in [6, 6.07) is 15.0. The van der Waals surface area contributed by atoms with Crippen LogP contribution in [0.5, 0.6) is 0 Å². The van der Waals surface area contributed by atoms with Gasteiger partial charge in [0.15, 0.2) is 0 Å². The number of nitrogens with zero attached hydrogens (tertiary/aromatic N) is 2. The van der Waals surface area contributed by atoms with Crippen LogP contribution < -0.4 is 15.5 Å². The number of urea groups is 1. The number of aryl methyl sites for hydroxylation is 1. The maximum atomic E-state index is 13.5. The summed E-state index contributed by atoms with van der Waals surface area (Å²) >= 11 is 0. The summed E-state index contributed by atoms with van der Waals surface area (Å²) in [5, 5.41) is 22.0. The standard InChI is InChI=1S/C24H25N5O9S2/c1-17-5-2-3-8-22(17)39(35,36)27-24(31)25-19-6-4-7-21(15-19)40(37,38)28(14-13-23(30)26-32)16-18-9-11-20(12-10-18)29(33)34/h2-12,15,32H,13-14,16H2,1H3,(H,26,30)(H2,25,27,31). The van der Waals surface area contributed by atoms with Gasteiger partial charge in [0.05, 0.1) is 14.7 Å². The molecule has 0 fully saturated rings. The lowest BCUT2D eigenvalue weighted by molar-refractivity contribution is -0.384. The molecule has 0 bridgehead atoms. The summed E-state index contributed by atoms with van der Waals surface area (Å²) in [5.41, 5.74) is 1.98. The third-order valence-corrected chi connectivity index (χ3v) is 8.89. The highest BCUT2D eigenvalue weighted by molar-refractivity contribution is 7.90. The second-order valence-electron chi connectivity index (χ2n) is 8.40. The van der Waals surface area contributed by atoms with Gasteiger partial charge in [-0.1, -0.05) is 36.4 Å². The molecule has 0 radical (unpaired) electrons. The van der Waals surface area contributed by atoms with Gasteiger partial charge in [0.2, 0.25) is 15.9 Å². The fourth-order valence-corrected chi connectivity index (χ4v) is 6.20. The zero-order valence-electron chi connectivity index (χ0n) is 21.0. The molecule has 4 N–H and O–H groups in total. The van der Waals surface area contributed by atoms with Crippen LogP contribution in [-0.4, -0.2) is 49.8 Å². The number of nitrogens with one attached hydrogen (secondary N) is 3. The Labute approximate surface area is 229 Å². The lowest BCUT2D eigenvalue weighted by Crippen LogP contribution is -2.35. The van der Waals surface area contributed by atoms with Crippen molar-refractivity contribution in [2.24, 2.45) is 0 Å². The molecule has 3 rings (SSSR count). The molecule has 0 atom stereocenters. The van der Waals surface area contributed by atoms with Crippen LogP contribution >= 0.6 is 0 Å². The van der Waals surface area contributed by atoms with E-state index in [1.165, 1.54) is 60.1 Å². The molecule has 0 unspecified atom stereocenters. The first-order chi connectivity index (χ1) is 18.8. The van der Waals surface area contributed by atoms with Gasteiger partial charge in [-0.25, -0.2) is 31.8 Å². The van der Waals surface area contributed by atoms with Crippen molar-refractivity contribution < 1.29 is 36.6 Å². The zero-order valence-corrected chi connectivity index (χ0v) is 22.6. The Morgan fingerprint density at radius 3 is 2.27 bits per heavy atom. The summed E-state index contributed by atoms with van der Waals surface area (Å²) in [6.07, 6.45) is -0.403. The van der Waals surface area contributed by atoms with Crippen LogP contribution in [0.3, 0.4) is 0 Å². The molecule has 16 heteroatoms. The molecule has 3 aromatic rings. The number of nitro groups is 1. The van der Waals surface area contributed by atoms with Gasteiger partial charge in [-0.05, 0) is 42.3 Å². The quantitative estimate of drug-likeness (QED) is 0.147. The van der Waals surface area contributed by atoms with E-state index in [0.29, 0.717) is 11.1 Å². The Morgan fingerprint density at radius 2 is 1.65 bits per heavy atom. The Balaban J connectivity index is 1.83. The summed E-state index contributed by atoms with van der Waals surface area (Å²) in [7, 11) is -8.54. The average Bonchev–Trinajstić information content (AvgIpc) is 2.90. The van der Waals surface area contributed by atoms with E-state index in [1.807, 2.05) is 4.72 Å². The molecule has 40 heavy (non-hydrogen) atoms. The number of nitro benzene ring substituents is 1. The normalized spacial score (nSPS) is 11.6. The van der Waals surface area contributed by atoms with Crippen molar-refractivity contribution >= 4 is 43.4 Å². The van der Waals surface area contributed by atoms with Crippen LogP contribution in [0.15, 0.2) is 82.6 Å². The minimum Gasteiger partial charge on any atom is -0.307 e. The third kappa shape index (κ3) is 7.60. The number of non-ortho nitro benzene ring substituents is 1. The largest absolute Gasteiger partial charge is 0.333 e. The van der Waals surface area contributed by atoms with Gasteiger partial charge in [0.1, 0.15) is 0 Å². The van der Waals surface area contributed by atoms with Gasteiger partial charge in [-0.15, -0.1) is 0 Å². The molecule has 212 valence electrons. The highest BCUT2D eigenvalue weighted by Gasteiger charge is 2.26. The SMILES string of the molecule is Cc1ccccc1S(=O)(=O)NC(=O)Nc1cccc(S(=O)(=O)N(CCC(=O)NO)Cc2ccc([N+](=O)[O-])cc2)c1. The fourth-order valence-electron chi connectivity index (χ4n) is 3.57. The van der Waals surface area contributed by atoms with Crippen molar-refractivity contribution in [3.8, 4) is 0 Å². The highest BCUT2D eigenvalue weighted by atomic mass is 32.2. The molecule has 0 spiro atoms. The lowest BCUT2D eigenvalue weighted by Gasteiger charge is -2.22. The van der Waals surface area contributed by atoms with Gasteiger partial charge in [-0.3, -0.25) is 20.1 Å². The summed E-state index contributed by atoms with van der Waals surface area (Å²) < 4.78 is 55.0. The number of carbonyl (C=O) groups is 2. The molecule has 3 aromatic carbocycles. The van der Waals surface area contributed by atoms with Gasteiger partial charge >= 0.3 is 6.03 Å². The molecular weight excluding hydrogens is 566 g/mol. The summed E-state index contributed by atoms with van der Waals surface area (Å²) in [5.74, 6) is -0.842. The van der Waals surface area contributed by atoms with Crippen LogP contribution in [0, 0.1) is 17.0 Å². The lowest BCUT2D eigenvalue weighted by atomic mass is 10.2. The third-order valence-electron chi connectivity index (χ3n) is 5.56. The molecule has 14 nitrogen and oxygen atoms in total.